The van der Waals surface area contributed by atoms with Gasteiger partial charge in [0.1, 0.15) is 51.1 Å². The zero-order chi connectivity index (χ0) is 29.4. The van der Waals surface area contributed by atoms with Gasteiger partial charge in [-0.3, -0.25) is 0 Å². The van der Waals surface area contributed by atoms with Crippen LogP contribution in [0.2, 0.25) is 0 Å². The van der Waals surface area contributed by atoms with Crippen molar-refractivity contribution < 1.29 is 86.0 Å². The fourth-order valence-corrected chi connectivity index (χ4v) is 7.70. The molecule has 0 amide bonds. The van der Waals surface area contributed by atoms with Crippen LogP contribution in [-0.4, -0.2) is 71.8 Å². The van der Waals surface area contributed by atoms with Crippen molar-refractivity contribution in [1.82, 2.24) is 19.9 Å². The van der Waals surface area contributed by atoms with Crippen molar-refractivity contribution in [2.45, 2.75) is 14.7 Å². The van der Waals surface area contributed by atoms with Gasteiger partial charge in [-0.05, 0) is 48.6 Å². The Labute approximate surface area is 258 Å². The van der Waals surface area contributed by atoms with Crippen molar-refractivity contribution in [3.63, 3.8) is 0 Å². The van der Waals surface area contributed by atoms with Gasteiger partial charge in [-0.2, -0.15) is 0 Å². The molecule has 22 heteroatoms. The molecule has 5 heterocycles. The van der Waals surface area contributed by atoms with E-state index in [-0.39, 0.29) is 51.0 Å². The average molecular weight is 738 g/mol. The van der Waals surface area contributed by atoms with Gasteiger partial charge in [0, 0.05) is 11.0 Å². The molecule has 2 aliphatic rings. The molecule has 0 spiro atoms. The van der Waals surface area contributed by atoms with Crippen LogP contribution < -0.4 is 0 Å². The number of H-pyrrole nitrogens is 2. The summed E-state index contributed by atoms with van der Waals surface area (Å²) in [4.78, 5) is 5.61. The summed E-state index contributed by atoms with van der Waals surface area (Å²) in [7, 11) is -23.7. The van der Waals surface area contributed by atoms with Gasteiger partial charge in [-0.1, -0.05) is 0 Å². The molecule has 0 atom stereocenters. The molecule has 2 aliphatic heterocycles. The molecule has 222 valence electrons. The van der Waals surface area contributed by atoms with Crippen LogP contribution in [0.25, 0.3) is 45.2 Å². The third-order valence-electron chi connectivity index (χ3n) is 5.47. The maximum Gasteiger partial charge on any atom is 2.00 e. The molecule has 16 nitrogen and oxygen atoms in total. The SMILES string of the molecule is O=S(=O)([O-])C1=Cc2cc3ccc(cc4nc(cc5[nH]c(c(S(=O)(=O)[O-])c1n2)c(S(=O)(=O)[O-])c5S(=O)(=O)[O-])C=C4)[nH]3.[Fe+2].[Fe+2]. The van der Waals surface area contributed by atoms with Crippen LogP contribution in [0.15, 0.2) is 45.0 Å². The van der Waals surface area contributed by atoms with Crippen LogP contribution in [0, 0.1) is 0 Å². The zero-order valence-corrected chi connectivity index (χ0v) is 25.2. The van der Waals surface area contributed by atoms with Crippen LogP contribution in [0.4, 0.5) is 0 Å². The number of aromatic nitrogens is 4. The predicted molar refractivity (Wildman–Crippen MR) is 131 cm³/mol. The Bertz CT molecular complexity index is 2330. The molecule has 0 aromatic carbocycles. The maximum atomic E-state index is 12.4. The van der Waals surface area contributed by atoms with Gasteiger partial charge in [0.25, 0.3) is 0 Å². The number of nitrogens with one attached hydrogen (secondary N) is 2. The van der Waals surface area contributed by atoms with E-state index < -0.39 is 82.5 Å². The number of rotatable bonds is 4. The first-order valence-corrected chi connectivity index (χ1v) is 16.0. The summed E-state index contributed by atoms with van der Waals surface area (Å²) in [6.07, 6.45) is 3.29. The summed E-state index contributed by atoms with van der Waals surface area (Å²) in [6.45, 7) is 0. The first-order chi connectivity index (χ1) is 18.3. The number of fused-ring (bicyclic) bond motifs is 8. The summed E-state index contributed by atoms with van der Waals surface area (Å²) < 4.78 is 147. The van der Waals surface area contributed by atoms with Gasteiger partial charge >= 0.3 is 34.1 Å². The molecule has 0 fully saturated rings. The molecule has 0 saturated carbocycles. The van der Waals surface area contributed by atoms with E-state index in [2.05, 4.69) is 15.0 Å². The maximum absolute atomic E-state index is 12.4. The summed E-state index contributed by atoms with van der Waals surface area (Å²) in [5.41, 5.74) is -3.57. The molecular formula is C20H10Fe2N4O12S4. The Kier molecular flexibility index (Phi) is 8.91. The van der Waals surface area contributed by atoms with Crippen LogP contribution >= 0.6 is 0 Å². The third-order valence-corrected chi connectivity index (χ3v) is 9.17. The van der Waals surface area contributed by atoms with Crippen molar-refractivity contribution in [1.29, 1.82) is 0 Å². The van der Waals surface area contributed by atoms with E-state index in [1.165, 1.54) is 24.3 Å². The second kappa shape index (κ2) is 11.1. The quantitative estimate of drug-likeness (QED) is 0.210. The van der Waals surface area contributed by atoms with Crippen molar-refractivity contribution in [3.8, 4) is 0 Å². The minimum atomic E-state index is -6.10. The molecule has 0 aliphatic carbocycles. The molecule has 5 rings (SSSR count). The molecule has 2 N–H and O–H groups in total. The average Bonchev–Trinajstić information content (AvgIpc) is 3.53. The van der Waals surface area contributed by atoms with Gasteiger partial charge in [0.15, 0.2) is 0 Å². The van der Waals surface area contributed by atoms with E-state index >= 15 is 0 Å². The van der Waals surface area contributed by atoms with Gasteiger partial charge < -0.3 is 28.2 Å². The third kappa shape index (κ3) is 6.44. The first kappa shape index (κ1) is 33.8. The van der Waals surface area contributed by atoms with Crippen molar-refractivity contribution >= 4 is 85.7 Å². The Morgan fingerprint density at radius 2 is 1.07 bits per heavy atom. The Hall–Kier alpha value is -2.72. The fourth-order valence-electron chi connectivity index (χ4n) is 4.06. The van der Waals surface area contributed by atoms with E-state index in [0.29, 0.717) is 11.6 Å². The molecule has 8 bridgehead atoms. The van der Waals surface area contributed by atoms with E-state index in [1.54, 1.807) is 6.07 Å². The predicted octanol–water partition coefficient (Wildman–Crippen LogP) is 0.236. The summed E-state index contributed by atoms with van der Waals surface area (Å²) in [5.74, 6) is 0. The smallest absolute Gasteiger partial charge is 0.744 e. The Morgan fingerprint density at radius 3 is 1.57 bits per heavy atom. The molecule has 0 saturated heterocycles. The summed E-state index contributed by atoms with van der Waals surface area (Å²) in [5, 5.41) is 0. The number of nitrogens with zero attached hydrogens (tertiary/aromatic N) is 2. The standard InChI is InChI=1S/C20H14N4O12S4.2Fe/c25-37(26,27)15-8-13-6-11-2-1-9(21-11)5-10-3-4-12(22-10)7-14-18(38(28,29)30)20(40(34,35)36)17(24-14)19(16(15)23-13)39(31,32)33;;/h1-8,21,24H,(H,25,26,27)(H,28,29,30)(H,31,32,33)(H,34,35,36);;/q;2*+2/p-4. The van der Waals surface area contributed by atoms with Crippen LogP contribution in [0.1, 0.15) is 22.8 Å². The topological polar surface area (TPSA) is 286 Å². The van der Waals surface area contributed by atoms with Gasteiger partial charge in [-0.25, -0.2) is 43.6 Å². The normalized spacial score (nSPS) is 13.7. The largest absolute Gasteiger partial charge is 2.00 e. The molecule has 3 aromatic heterocycles. The van der Waals surface area contributed by atoms with Gasteiger partial charge in [0.05, 0.1) is 42.8 Å². The molecule has 3 aromatic rings. The fraction of sp³-hybridized carbons (Fsp3) is 0. The van der Waals surface area contributed by atoms with Crippen molar-refractivity contribution in [2.75, 3.05) is 0 Å². The van der Waals surface area contributed by atoms with Gasteiger partial charge in [-0.15, -0.1) is 0 Å². The molecule has 42 heavy (non-hydrogen) atoms. The second-order valence-corrected chi connectivity index (χ2v) is 13.5. The molecule has 0 unspecified atom stereocenters. The van der Waals surface area contributed by atoms with Crippen LogP contribution in [0.5, 0.6) is 0 Å². The number of hydrogen-bond acceptors (Lipinski definition) is 14. The van der Waals surface area contributed by atoms with E-state index in [9.17, 15) is 51.9 Å². The molecule has 0 radical (unpaired) electrons. The van der Waals surface area contributed by atoms with Gasteiger partial charge in [0.2, 0.25) is 0 Å². The zero-order valence-electron chi connectivity index (χ0n) is 19.8. The van der Waals surface area contributed by atoms with Crippen LogP contribution in [0.3, 0.4) is 0 Å². The van der Waals surface area contributed by atoms with E-state index in [0.717, 1.165) is 12.1 Å². The van der Waals surface area contributed by atoms with Crippen molar-refractivity contribution in [3.05, 3.63) is 53.1 Å². The first-order valence-electron chi connectivity index (χ1n) is 10.3. The second-order valence-electron chi connectivity index (χ2n) is 8.21. The Balaban J connectivity index is 0.00000242. The summed E-state index contributed by atoms with van der Waals surface area (Å²) >= 11 is 0. The Morgan fingerprint density at radius 1 is 0.571 bits per heavy atom. The van der Waals surface area contributed by atoms with Crippen LogP contribution in [-0.2, 0) is 74.6 Å². The minimum Gasteiger partial charge on any atom is -0.744 e. The molecular weight excluding hydrogens is 728 g/mol. The van der Waals surface area contributed by atoms with Crippen molar-refractivity contribution in [2.24, 2.45) is 0 Å². The number of hydrogen-bond donors (Lipinski definition) is 2. The van der Waals surface area contributed by atoms with E-state index in [1.807, 2.05) is 4.98 Å². The minimum absolute atomic E-state index is 0. The number of aromatic amines is 2. The van der Waals surface area contributed by atoms with E-state index in [4.69, 9.17) is 0 Å². The monoisotopic (exact) mass is 738 g/mol. The summed E-state index contributed by atoms with van der Waals surface area (Å²) in [6, 6.07) is 6.45.